The van der Waals surface area contributed by atoms with Crippen molar-refractivity contribution in [3.63, 3.8) is 0 Å². The molecule has 2 N–H and O–H groups in total. The maximum atomic E-state index is 5.07. The van der Waals surface area contributed by atoms with E-state index in [1.165, 1.54) is 22.9 Å². The third-order valence-corrected chi connectivity index (χ3v) is 17.8. The monoisotopic (exact) mass is 662 g/mol. The average molecular weight is 663 g/mol. The maximum absolute atomic E-state index is 5.07. The zero-order valence-corrected chi connectivity index (χ0v) is 36.1. The first-order valence-corrected chi connectivity index (χ1v) is 21.9. The number of pyridine rings is 2. The van der Waals surface area contributed by atoms with E-state index in [9.17, 15) is 0 Å². The summed E-state index contributed by atoms with van der Waals surface area (Å²) in [5.74, 6) is 0. The Labute approximate surface area is 317 Å². The molecule has 242 valence electrons. The van der Waals surface area contributed by atoms with E-state index < -0.39 is 16.5 Å². The molecule has 0 atom stereocenters. The Hall–Kier alpha value is -1.19. The molecule has 6 nitrogen and oxygen atoms in total. The smallest absolute Gasteiger partial charge is 0.685 e. The summed E-state index contributed by atoms with van der Waals surface area (Å²) in [5, 5.41) is 2.84. The van der Waals surface area contributed by atoms with Crippen LogP contribution in [0.5, 0.6) is 0 Å². The van der Waals surface area contributed by atoms with Crippen molar-refractivity contribution < 1.29 is 58.2 Å². The number of likely N-dealkylation sites (N-methyl/N-ethyl adjacent to an activating group) is 2. The van der Waals surface area contributed by atoms with Crippen molar-refractivity contribution in [3.05, 3.63) is 83.0 Å². The van der Waals surface area contributed by atoms with E-state index in [2.05, 4.69) is 154 Å². The molecule has 0 spiro atoms. The second-order valence-electron chi connectivity index (χ2n) is 15.5. The molecule has 0 unspecified atom stereocenters. The quantitative estimate of drug-likeness (QED) is 0.297. The zero-order valence-electron chi connectivity index (χ0n) is 32.1. The number of nitrogens with one attached hydrogen (secondary N) is 2. The van der Waals surface area contributed by atoms with Crippen LogP contribution in [0.15, 0.2) is 73.1 Å². The second-order valence-corrected chi connectivity index (χ2v) is 25.1. The molecule has 0 fully saturated rings. The molecule has 2 heterocycles. The van der Waals surface area contributed by atoms with E-state index in [1.54, 1.807) is 0 Å². The normalized spacial score (nSPS) is 11.9. The van der Waals surface area contributed by atoms with Crippen molar-refractivity contribution in [2.45, 2.75) is 77.8 Å². The van der Waals surface area contributed by atoms with Gasteiger partial charge in [0.2, 0.25) is 0 Å². The van der Waals surface area contributed by atoms with Gasteiger partial charge in [-0.1, -0.05) is 126 Å². The van der Waals surface area contributed by atoms with Gasteiger partial charge in [0.05, 0.1) is 39.2 Å². The van der Waals surface area contributed by atoms with Gasteiger partial charge in [-0.15, -0.1) is 11.4 Å². The summed E-state index contributed by atoms with van der Waals surface area (Å²) in [6.07, 6.45) is 3.68. The van der Waals surface area contributed by atoms with Gasteiger partial charge in [-0.3, -0.25) is 9.97 Å². The van der Waals surface area contributed by atoms with Crippen LogP contribution in [0.4, 0.5) is 11.4 Å². The molecule has 2 aromatic heterocycles. The van der Waals surface area contributed by atoms with Crippen molar-refractivity contribution in [3.8, 4) is 0 Å². The summed E-state index contributed by atoms with van der Waals surface area (Å²) in [6, 6.07) is 20.6. The van der Waals surface area contributed by atoms with Crippen LogP contribution in [0.25, 0.3) is 31.8 Å². The van der Waals surface area contributed by atoms with Gasteiger partial charge in [-0.05, 0) is 39.4 Å². The predicted octanol–water partition coefficient (Wildman–Crippen LogP) is 1.77. The number of para-hydroxylation sites is 2. The van der Waals surface area contributed by atoms with Gasteiger partial charge >= 0.3 is 48.4 Å². The van der Waals surface area contributed by atoms with Crippen LogP contribution >= 0.6 is 0 Å². The number of benzene rings is 2. The maximum Gasteiger partial charge on any atom is 1.00 e. The van der Waals surface area contributed by atoms with E-state index in [1.807, 2.05) is 24.5 Å². The van der Waals surface area contributed by atoms with E-state index in [-0.39, 0.29) is 58.5 Å². The van der Waals surface area contributed by atoms with Crippen LogP contribution in [-0.2, 0) is 0 Å². The molecule has 0 saturated carbocycles. The summed E-state index contributed by atoms with van der Waals surface area (Å²) < 4.78 is 0. The molecule has 4 rings (SSSR count). The van der Waals surface area contributed by atoms with E-state index in [0.717, 1.165) is 33.2 Å². The molecule has 0 aliphatic heterocycles. The second kappa shape index (κ2) is 19.1. The molecule has 10 heteroatoms. The van der Waals surface area contributed by atoms with E-state index in [0.29, 0.717) is 0 Å². The van der Waals surface area contributed by atoms with Gasteiger partial charge in [0.1, 0.15) is 13.1 Å². The number of aromatic nitrogens is 2. The first kappa shape index (κ1) is 44.8. The van der Waals surface area contributed by atoms with Crippen LogP contribution in [0.2, 0.25) is 36.3 Å². The zero-order chi connectivity index (χ0) is 33.3. The molecule has 46 heavy (non-hydrogen) atoms. The summed E-state index contributed by atoms with van der Waals surface area (Å²) in [5.41, 5.74) is 4.12. The molecule has 0 saturated heterocycles. The molecular weight excluding hydrogens is 603 g/mol. The molecule has 4 aromatic rings. The Kier molecular flexibility index (Phi) is 18.6. The van der Waals surface area contributed by atoms with Gasteiger partial charge in [-0.25, -0.2) is 0 Å². The van der Waals surface area contributed by atoms with Gasteiger partial charge in [0, 0.05) is 12.4 Å². The molecule has 0 aliphatic carbocycles. The summed E-state index contributed by atoms with van der Waals surface area (Å²) >= 11 is 0. The summed E-state index contributed by atoms with van der Waals surface area (Å²) in [6.45, 7) is 25.5. The van der Waals surface area contributed by atoms with Crippen LogP contribution in [-0.4, -0.2) is 67.7 Å². The van der Waals surface area contributed by atoms with Crippen molar-refractivity contribution in [1.82, 2.24) is 9.97 Å². The first-order valence-electron chi connectivity index (χ1n) is 16.0. The molecule has 0 bridgehead atoms. The minimum absolute atomic E-state index is 0. The van der Waals surface area contributed by atoms with E-state index >= 15 is 0 Å². The van der Waals surface area contributed by atoms with Gasteiger partial charge in [0.25, 0.3) is 0 Å². The Balaban J connectivity index is 0.000000694. The number of fused-ring (bicyclic) bond motifs is 2. The number of quaternary nitrogens is 2. The standard InChI is InChI=1S/2C15H21N2Si.C6H16N2.Li.Na/c2*1-15(2,3)18(4,5)17-13-10-6-8-12-9-7-11-16-14(12)13;1-7(2)5-6-8(3)4;;/h2*6-11H,1-5H3;5-6H2,1-4H3;;/q2*-1;;2*+1/p+2. The molecule has 0 amide bonds. The molecule has 0 aliphatic rings. The van der Waals surface area contributed by atoms with E-state index in [4.69, 9.17) is 9.96 Å². The van der Waals surface area contributed by atoms with Crippen molar-refractivity contribution in [2.24, 2.45) is 0 Å². The number of hydrogen-bond donors (Lipinski definition) is 2. The predicted molar refractivity (Wildman–Crippen MR) is 199 cm³/mol. The first-order chi connectivity index (χ1) is 20.2. The largest absolute Gasteiger partial charge is 1.00 e. The summed E-state index contributed by atoms with van der Waals surface area (Å²) in [7, 11) is 5.38. The number of hydrogen-bond acceptors (Lipinski definition) is 2. The topological polar surface area (TPSA) is 62.9 Å². The SMILES string of the molecule is CC(C)(C)[Si](C)(C)[N-]c1cccc2cccnc12.CC(C)(C)[Si](C)(C)[N-]c1cccc2cccnc12.C[NH+](C)CC[NH+](C)C.[Li+].[Na+]. The van der Waals surface area contributed by atoms with Crippen LogP contribution in [0.3, 0.4) is 0 Å². The number of rotatable bonds is 7. The van der Waals surface area contributed by atoms with Gasteiger partial charge in [0.15, 0.2) is 0 Å². The molecule has 0 radical (unpaired) electrons. The fraction of sp³-hybridized carbons (Fsp3) is 0.500. The minimum Gasteiger partial charge on any atom is -0.685 e. The third-order valence-electron chi connectivity index (χ3n) is 8.82. The Bertz CT molecular complexity index is 1340. The van der Waals surface area contributed by atoms with Crippen molar-refractivity contribution in [2.75, 3.05) is 41.3 Å². The fourth-order valence-electron chi connectivity index (χ4n) is 3.79. The van der Waals surface area contributed by atoms with Gasteiger partial charge < -0.3 is 19.8 Å². The average Bonchev–Trinajstić information content (AvgIpc) is 2.91. The van der Waals surface area contributed by atoms with Crippen molar-refractivity contribution in [1.29, 1.82) is 0 Å². The Morgan fingerprint density at radius 2 is 0.870 bits per heavy atom. The van der Waals surface area contributed by atoms with Crippen LogP contribution in [0, 0.1) is 0 Å². The third kappa shape index (κ3) is 13.7. The van der Waals surface area contributed by atoms with Crippen LogP contribution in [0.1, 0.15) is 41.5 Å². The number of nitrogens with zero attached hydrogens (tertiary/aromatic N) is 4. The Morgan fingerprint density at radius 3 is 1.15 bits per heavy atom. The van der Waals surface area contributed by atoms with Crippen LogP contribution < -0.4 is 58.2 Å². The molecular formula is C36H60LiN6NaSi2+2. The fourth-order valence-corrected chi connectivity index (χ4v) is 6.03. The minimum atomic E-state index is -1.68. The van der Waals surface area contributed by atoms with Crippen molar-refractivity contribution >= 4 is 49.7 Å². The molecule has 2 aromatic carbocycles. The Morgan fingerprint density at radius 1 is 0.565 bits per heavy atom. The van der Waals surface area contributed by atoms with Gasteiger partial charge in [-0.2, -0.15) is 0 Å². The summed E-state index contributed by atoms with van der Waals surface area (Å²) in [4.78, 5) is 22.2.